The molecule has 0 saturated carbocycles. The lowest BCUT2D eigenvalue weighted by atomic mass is 10.0. The number of carbonyl (C=O) groups excluding carboxylic acids is 2. The average molecular weight is 546 g/mol. The number of ether oxygens (including phenoxy) is 1. The molecule has 0 radical (unpaired) electrons. The predicted molar refractivity (Wildman–Crippen MR) is 152 cm³/mol. The maximum absolute atomic E-state index is 13.1. The van der Waals surface area contributed by atoms with E-state index in [9.17, 15) is 9.59 Å². The van der Waals surface area contributed by atoms with Gasteiger partial charge in [-0.05, 0) is 37.8 Å². The second-order valence-electron chi connectivity index (χ2n) is 9.27. The van der Waals surface area contributed by atoms with E-state index >= 15 is 0 Å². The van der Waals surface area contributed by atoms with Gasteiger partial charge in [0.2, 0.25) is 5.91 Å². The highest BCUT2D eigenvalue weighted by Gasteiger charge is 2.31. The molecule has 39 heavy (non-hydrogen) atoms. The van der Waals surface area contributed by atoms with Gasteiger partial charge in [-0.1, -0.05) is 25.1 Å². The number of piperidine rings is 1. The lowest BCUT2D eigenvalue weighted by Crippen LogP contribution is -2.38. The molecule has 1 aliphatic rings. The van der Waals surface area contributed by atoms with E-state index in [4.69, 9.17) is 15.5 Å². The molecule has 4 heterocycles. The Morgan fingerprint density at radius 1 is 1.23 bits per heavy atom. The smallest absolute Gasteiger partial charge is 0.257 e. The minimum Gasteiger partial charge on any atom is -0.382 e. The topological polar surface area (TPSA) is 128 Å². The van der Waals surface area contributed by atoms with Gasteiger partial charge in [-0.25, -0.2) is 15.0 Å². The third-order valence-electron chi connectivity index (χ3n) is 6.76. The van der Waals surface area contributed by atoms with Gasteiger partial charge in [0, 0.05) is 54.3 Å². The van der Waals surface area contributed by atoms with Crippen molar-refractivity contribution < 1.29 is 14.3 Å². The van der Waals surface area contributed by atoms with E-state index in [1.807, 2.05) is 27.6 Å². The molecule has 3 N–H and O–H groups in total. The molecule has 1 fully saturated rings. The van der Waals surface area contributed by atoms with Crippen LogP contribution in [0.2, 0.25) is 0 Å². The highest BCUT2D eigenvalue weighted by Crippen LogP contribution is 2.36. The van der Waals surface area contributed by atoms with Crippen molar-refractivity contribution in [3.8, 4) is 11.3 Å². The minimum absolute atomic E-state index is 0.0706. The SMILES string of the molecule is CCc1cnc(NC(=O)c2ccc(-c3nc(C4CCCCN4C(=O)C=CCOC)n4ccnc(N)c34)cc2)s1. The van der Waals surface area contributed by atoms with Gasteiger partial charge in [-0.3, -0.25) is 19.3 Å². The van der Waals surface area contributed by atoms with Crippen LogP contribution >= 0.6 is 11.3 Å². The first-order valence-electron chi connectivity index (χ1n) is 12.9. The third-order valence-corrected chi connectivity index (χ3v) is 7.82. The number of nitrogen functional groups attached to an aromatic ring is 1. The molecule has 3 aromatic heterocycles. The second-order valence-corrected chi connectivity index (χ2v) is 10.4. The Kier molecular flexibility index (Phi) is 7.99. The summed E-state index contributed by atoms with van der Waals surface area (Å²) in [7, 11) is 1.59. The summed E-state index contributed by atoms with van der Waals surface area (Å²) in [6.07, 6.45) is 12.1. The first-order valence-corrected chi connectivity index (χ1v) is 13.8. The molecule has 0 spiro atoms. The number of nitrogens with two attached hydrogens (primary N) is 1. The number of amides is 2. The number of methoxy groups -OCH3 is 1. The summed E-state index contributed by atoms with van der Waals surface area (Å²) in [5, 5.41) is 3.44. The molecule has 202 valence electrons. The Morgan fingerprint density at radius 3 is 2.79 bits per heavy atom. The van der Waals surface area contributed by atoms with Gasteiger partial charge in [0.05, 0.1) is 12.6 Å². The lowest BCUT2D eigenvalue weighted by Gasteiger charge is -2.34. The zero-order chi connectivity index (χ0) is 27.4. The maximum Gasteiger partial charge on any atom is 0.257 e. The molecule has 0 aliphatic carbocycles. The fourth-order valence-corrected chi connectivity index (χ4v) is 5.55. The van der Waals surface area contributed by atoms with Crippen molar-refractivity contribution >= 4 is 39.6 Å². The summed E-state index contributed by atoms with van der Waals surface area (Å²) in [6.45, 7) is 3.07. The number of imidazole rings is 1. The lowest BCUT2D eigenvalue weighted by molar-refractivity contribution is -0.130. The van der Waals surface area contributed by atoms with E-state index in [2.05, 4.69) is 22.2 Å². The number of anilines is 2. The predicted octanol–water partition coefficient (Wildman–Crippen LogP) is 4.51. The van der Waals surface area contributed by atoms with Gasteiger partial charge >= 0.3 is 0 Å². The largest absolute Gasteiger partial charge is 0.382 e. The number of rotatable bonds is 8. The number of benzene rings is 1. The summed E-state index contributed by atoms with van der Waals surface area (Å²) in [5.74, 6) is 0.781. The Balaban J connectivity index is 1.46. The van der Waals surface area contributed by atoms with Crippen molar-refractivity contribution in [2.45, 2.75) is 38.6 Å². The van der Waals surface area contributed by atoms with Gasteiger partial charge in [0.1, 0.15) is 22.9 Å². The van der Waals surface area contributed by atoms with Crippen molar-refractivity contribution in [3.63, 3.8) is 0 Å². The van der Waals surface area contributed by atoms with Gasteiger partial charge in [0.15, 0.2) is 5.13 Å². The Hall–Kier alpha value is -4.09. The normalized spacial score (nSPS) is 15.7. The van der Waals surface area contributed by atoms with Crippen LogP contribution in [0.4, 0.5) is 10.9 Å². The van der Waals surface area contributed by atoms with Crippen LogP contribution in [0.5, 0.6) is 0 Å². The van der Waals surface area contributed by atoms with Crippen LogP contribution < -0.4 is 11.1 Å². The van der Waals surface area contributed by atoms with E-state index in [0.717, 1.165) is 41.9 Å². The monoisotopic (exact) mass is 545 g/mol. The Bertz CT molecular complexity index is 1510. The molecule has 1 aliphatic heterocycles. The molecule has 1 unspecified atom stereocenters. The van der Waals surface area contributed by atoms with Crippen molar-refractivity contribution in [1.82, 2.24) is 24.3 Å². The number of likely N-dealkylation sites (tertiary alicyclic amines) is 1. The summed E-state index contributed by atoms with van der Waals surface area (Å²) >= 11 is 1.47. The van der Waals surface area contributed by atoms with Crippen molar-refractivity contribution in [2.24, 2.45) is 0 Å². The Labute approximate surface area is 230 Å². The van der Waals surface area contributed by atoms with E-state index in [1.54, 1.807) is 43.8 Å². The molecule has 1 saturated heterocycles. The number of nitrogens with one attached hydrogen (secondary N) is 1. The van der Waals surface area contributed by atoms with Crippen LogP contribution in [0.15, 0.2) is 55.0 Å². The molecule has 0 bridgehead atoms. The minimum atomic E-state index is -0.229. The number of hydrogen-bond acceptors (Lipinski definition) is 8. The number of aromatic nitrogens is 4. The van der Waals surface area contributed by atoms with Gasteiger partial charge in [0.25, 0.3) is 5.91 Å². The molecule has 1 aromatic carbocycles. The van der Waals surface area contributed by atoms with Crippen LogP contribution in [-0.2, 0) is 16.0 Å². The quantitative estimate of drug-likeness (QED) is 0.312. The number of carbonyl (C=O) groups is 2. The first-order chi connectivity index (χ1) is 19.0. The standard InChI is InChI=1S/C28H31N7O3S/c1-3-20-17-31-28(39-20)33-27(37)19-11-9-18(10-12-19)23-24-25(29)30-13-15-35(24)26(32-23)21-7-4-5-14-34(21)22(36)8-6-16-38-2/h6,8-13,15,17,21H,3-5,7,14,16H2,1-2H3,(H2,29,30)(H,31,33,37). The van der Waals surface area contributed by atoms with Crippen LogP contribution in [0.25, 0.3) is 16.8 Å². The van der Waals surface area contributed by atoms with Crippen molar-refractivity contribution in [3.05, 3.63) is 71.3 Å². The van der Waals surface area contributed by atoms with Crippen LogP contribution in [-0.4, -0.2) is 56.3 Å². The molecule has 5 rings (SSSR count). The molecule has 2 amide bonds. The number of hydrogen-bond donors (Lipinski definition) is 2. The second kappa shape index (κ2) is 11.7. The molecule has 10 nitrogen and oxygen atoms in total. The number of aryl methyl sites for hydroxylation is 1. The summed E-state index contributed by atoms with van der Waals surface area (Å²) in [4.78, 5) is 42.4. The fourth-order valence-electron chi connectivity index (χ4n) is 4.81. The van der Waals surface area contributed by atoms with Crippen LogP contribution in [0.1, 0.15) is 53.3 Å². The van der Waals surface area contributed by atoms with E-state index in [1.165, 1.54) is 11.3 Å². The van der Waals surface area contributed by atoms with Crippen LogP contribution in [0, 0.1) is 0 Å². The van der Waals surface area contributed by atoms with Crippen LogP contribution in [0.3, 0.4) is 0 Å². The maximum atomic E-state index is 13.1. The van der Waals surface area contributed by atoms with Gasteiger partial charge in [-0.15, -0.1) is 11.3 Å². The third kappa shape index (κ3) is 5.55. The van der Waals surface area contributed by atoms with Crippen molar-refractivity contribution in [1.29, 1.82) is 0 Å². The molecule has 4 aromatic rings. The summed E-state index contributed by atoms with van der Waals surface area (Å²) in [6, 6.07) is 7.01. The number of fused-ring (bicyclic) bond motifs is 1. The Morgan fingerprint density at radius 2 is 2.05 bits per heavy atom. The first kappa shape index (κ1) is 26.5. The zero-order valence-electron chi connectivity index (χ0n) is 22.0. The van der Waals surface area contributed by atoms with E-state index in [-0.39, 0.29) is 17.9 Å². The highest BCUT2D eigenvalue weighted by atomic mass is 32.1. The number of thiazole rings is 1. The van der Waals surface area contributed by atoms with Crippen molar-refractivity contribution in [2.75, 3.05) is 31.3 Å². The molecule has 1 atom stereocenters. The summed E-state index contributed by atoms with van der Waals surface area (Å²) < 4.78 is 6.98. The fraction of sp³-hybridized carbons (Fsp3) is 0.321. The van der Waals surface area contributed by atoms with Gasteiger partial charge < -0.3 is 15.4 Å². The number of nitrogens with zero attached hydrogens (tertiary/aromatic N) is 5. The molecular weight excluding hydrogens is 514 g/mol. The van der Waals surface area contributed by atoms with E-state index in [0.29, 0.717) is 40.9 Å². The summed E-state index contributed by atoms with van der Waals surface area (Å²) in [5.41, 5.74) is 8.98. The molecule has 11 heteroatoms. The molecular formula is C28H31N7O3S. The zero-order valence-corrected chi connectivity index (χ0v) is 22.8. The average Bonchev–Trinajstić information content (AvgIpc) is 3.58. The highest BCUT2D eigenvalue weighted by molar-refractivity contribution is 7.15. The van der Waals surface area contributed by atoms with Gasteiger partial charge in [-0.2, -0.15) is 0 Å². The van der Waals surface area contributed by atoms with E-state index < -0.39 is 0 Å².